The molecule has 0 amide bonds. The van der Waals surface area contributed by atoms with Gasteiger partial charge in [-0.3, -0.25) is 0 Å². The number of hydrogen-bond donors (Lipinski definition) is 1. The summed E-state index contributed by atoms with van der Waals surface area (Å²) in [6.07, 6.45) is 8.18. The molecular weight excluding hydrogens is 260 g/mol. The first-order valence-electron chi connectivity index (χ1n) is 8.05. The molecule has 110 valence electrons. The minimum Gasteiger partial charge on any atom is -0.494 e. The number of rotatable bonds is 4. The van der Waals surface area contributed by atoms with Crippen molar-refractivity contribution in [3.8, 4) is 5.75 Å². The number of fused-ring (bicyclic) bond motifs is 3. The first-order chi connectivity index (χ1) is 10.3. The van der Waals surface area contributed by atoms with Gasteiger partial charge in [0, 0.05) is 42.0 Å². The number of H-pyrrole nitrogens is 1. The van der Waals surface area contributed by atoms with Crippen LogP contribution in [0.2, 0.25) is 0 Å². The average molecular weight is 282 g/mol. The molecule has 1 aromatic heterocycles. The molecule has 0 unspecified atom stereocenters. The number of allylic oxidation sites excluding steroid dienone is 1. The number of aromatic nitrogens is 1. The number of nitrogens with one attached hydrogen (secondary N) is 1. The van der Waals surface area contributed by atoms with Gasteiger partial charge in [0.25, 0.3) is 0 Å². The van der Waals surface area contributed by atoms with Crippen LogP contribution >= 0.6 is 0 Å². The van der Waals surface area contributed by atoms with Crippen molar-refractivity contribution in [2.45, 2.75) is 26.2 Å². The molecule has 1 N–H and O–H groups in total. The van der Waals surface area contributed by atoms with Crippen LogP contribution in [0.5, 0.6) is 5.75 Å². The highest BCUT2D eigenvalue weighted by Crippen LogP contribution is 2.40. The van der Waals surface area contributed by atoms with Crippen LogP contribution in [0.25, 0.3) is 16.5 Å². The highest BCUT2D eigenvalue weighted by molar-refractivity contribution is 5.94. The van der Waals surface area contributed by atoms with Crippen molar-refractivity contribution in [1.29, 1.82) is 0 Å². The largest absolute Gasteiger partial charge is 0.494 e. The van der Waals surface area contributed by atoms with Crippen LogP contribution in [0.3, 0.4) is 0 Å². The lowest BCUT2D eigenvalue weighted by molar-refractivity contribution is 0.252. The smallest absolute Gasteiger partial charge is 0.120 e. The summed E-state index contributed by atoms with van der Waals surface area (Å²) in [4.78, 5) is 5.88. The Hall–Kier alpha value is -1.90. The van der Waals surface area contributed by atoms with Gasteiger partial charge in [-0.2, -0.15) is 0 Å². The Morgan fingerprint density at radius 3 is 2.86 bits per heavy atom. The molecule has 2 bridgehead atoms. The molecule has 21 heavy (non-hydrogen) atoms. The second-order valence-corrected chi connectivity index (χ2v) is 6.15. The van der Waals surface area contributed by atoms with Gasteiger partial charge < -0.3 is 14.6 Å². The predicted octanol–water partition coefficient (Wildman–Crippen LogP) is 4.02. The van der Waals surface area contributed by atoms with E-state index in [0.29, 0.717) is 0 Å². The molecule has 0 spiro atoms. The van der Waals surface area contributed by atoms with Crippen molar-refractivity contribution in [2.24, 2.45) is 5.92 Å². The first-order valence-corrected chi connectivity index (χ1v) is 8.05. The fraction of sp³-hybridized carbons (Fsp3) is 0.444. The third-order valence-corrected chi connectivity index (χ3v) is 4.73. The Labute approximate surface area is 125 Å². The summed E-state index contributed by atoms with van der Waals surface area (Å²) in [6, 6.07) is 6.38. The van der Waals surface area contributed by atoms with E-state index < -0.39 is 0 Å². The van der Waals surface area contributed by atoms with Crippen LogP contribution in [0, 0.1) is 5.92 Å². The van der Waals surface area contributed by atoms with Crippen molar-refractivity contribution in [1.82, 2.24) is 9.88 Å². The van der Waals surface area contributed by atoms with E-state index in [1.807, 2.05) is 0 Å². The fourth-order valence-electron chi connectivity index (χ4n) is 3.58. The van der Waals surface area contributed by atoms with Crippen LogP contribution in [-0.4, -0.2) is 29.6 Å². The molecular formula is C18H22N2O. The Kier molecular flexibility index (Phi) is 3.13. The molecule has 4 heterocycles. The van der Waals surface area contributed by atoms with Crippen LogP contribution in [0.1, 0.15) is 31.7 Å². The van der Waals surface area contributed by atoms with E-state index in [1.165, 1.54) is 48.0 Å². The van der Waals surface area contributed by atoms with E-state index in [0.717, 1.165) is 24.7 Å². The normalized spacial score (nSPS) is 18.3. The molecule has 0 atom stereocenters. The number of nitrogens with zero attached hydrogens (tertiary/aromatic N) is 1. The lowest BCUT2D eigenvalue weighted by Crippen LogP contribution is -2.35. The monoisotopic (exact) mass is 282 g/mol. The Morgan fingerprint density at radius 1 is 1.29 bits per heavy atom. The summed E-state index contributed by atoms with van der Waals surface area (Å²) >= 11 is 0. The van der Waals surface area contributed by atoms with Crippen molar-refractivity contribution in [3.05, 3.63) is 36.2 Å². The molecule has 3 aliphatic rings. The van der Waals surface area contributed by atoms with E-state index in [9.17, 15) is 0 Å². The fourth-order valence-corrected chi connectivity index (χ4v) is 3.58. The summed E-state index contributed by atoms with van der Waals surface area (Å²) in [5.74, 6) is 1.71. The molecule has 3 aliphatic heterocycles. The van der Waals surface area contributed by atoms with Crippen molar-refractivity contribution >= 4 is 16.5 Å². The van der Waals surface area contributed by atoms with Crippen molar-refractivity contribution in [3.63, 3.8) is 0 Å². The molecule has 1 aromatic carbocycles. The topological polar surface area (TPSA) is 28.3 Å². The van der Waals surface area contributed by atoms with Crippen LogP contribution < -0.4 is 4.74 Å². The van der Waals surface area contributed by atoms with Gasteiger partial charge in [-0.15, -0.1) is 0 Å². The number of ether oxygens (including phenoxy) is 1. The maximum absolute atomic E-state index is 5.79. The van der Waals surface area contributed by atoms with Crippen LogP contribution in [-0.2, 0) is 0 Å². The van der Waals surface area contributed by atoms with Crippen LogP contribution in [0.4, 0.5) is 0 Å². The van der Waals surface area contributed by atoms with E-state index in [1.54, 1.807) is 0 Å². The zero-order chi connectivity index (χ0) is 14.2. The molecule has 0 saturated carbocycles. The Balaban J connectivity index is 1.75. The minimum absolute atomic E-state index is 0.731. The van der Waals surface area contributed by atoms with E-state index in [2.05, 4.69) is 47.4 Å². The van der Waals surface area contributed by atoms with Gasteiger partial charge in [0.05, 0.1) is 6.61 Å². The molecule has 0 aliphatic carbocycles. The molecule has 1 fully saturated rings. The molecule has 5 rings (SSSR count). The summed E-state index contributed by atoms with van der Waals surface area (Å²) in [6.45, 7) is 5.37. The van der Waals surface area contributed by atoms with Crippen molar-refractivity contribution < 1.29 is 4.74 Å². The predicted molar refractivity (Wildman–Crippen MR) is 86.4 cm³/mol. The van der Waals surface area contributed by atoms with Gasteiger partial charge in [0.1, 0.15) is 5.75 Å². The second kappa shape index (κ2) is 5.14. The standard InChI is InChI=1S/C18H22N2O/c1-2-9-21-14-3-4-18-15(10-14)16(11-19-18)17-12-20-7-5-13(17)6-8-20/h3-4,10-13,19H,2,5-9H2,1H3. The zero-order valence-electron chi connectivity index (χ0n) is 12.6. The minimum atomic E-state index is 0.731. The Bertz CT molecular complexity index is 678. The first kappa shape index (κ1) is 12.8. The molecule has 0 radical (unpaired) electrons. The van der Waals surface area contributed by atoms with E-state index in [-0.39, 0.29) is 0 Å². The van der Waals surface area contributed by atoms with Gasteiger partial charge in [0.2, 0.25) is 0 Å². The lowest BCUT2D eigenvalue weighted by Gasteiger charge is -2.39. The van der Waals surface area contributed by atoms with E-state index >= 15 is 0 Å². The third kappa shape index (κ3) is 2.21. The zero-order valence-corrected chi connectivity index (χ0v) is 12.6. The SMILES string of the molecule is CCCOc1ccc2[nH]cc(C3=CN4CCC3CC4)c2c1. The maximum Gasteiger partial charge on any atom is 0.120 e. The third-order valence-electron chi connectivity index (χ3n) is 4.73. The van der Waals surface area contributed by atoms with Crippen molar-refractivity contribution in [2.75, 3.05) is 19.7 Å². The summed E-state index contributed by atoms with van der Waals surface area (Å²) in [5.41, 5.74) is 4.07. The molecule has 3 heteroatoms. The van der Waals surface area contributed by atoms with Gasteiger partial charge in [-0.1, -0.05) is 6.92 Å². The quantitative estimate of drug-likeness (QED) is 0.917. The molecule has 2 aromatic rings. The van der Waals surface area contributed by atoms with Gasteiger partial charge >= 0.3 is 0 Å². The van der Waals surface area contributed by atoms with Crippen LogP contribution in [0.15, 0.2) is 30.6 Å². The lowest BCUT2D eigenvalue weighted by atomic mass is 9.82. The number of benzene rings is 1. The second-order valence-electron chi connectivity index (χ2n) is 6.15. The van der Waals surface area contributed by atoms with Gasteiger partial charge in [0.15, 0.2) is 0 Å². The summed E-state index contributed by atoms with van der Waals surface area (Å²) in [5, 5.41) is 1.30. The average Bonchev–Trinajstić information content (AvgIpc) is 2.97. The number of aromatic amines is 1. The van der Waals surface area contributed by atoms with E-state index in [4.69, 9.17) is 4.74 Å². The highest BCUT2D eigenvalue weighted by Gasteiger charge is 2.28. The highest BCUT2D eigenvalue weighted by atomic mass is 16.5. The maximum atomic E-state index is 5.79. The summed E-state index contributed by atoms with van der Waals surface area (Å²) < 4.78 is 5.79. The number of hydrogen-bond acceptors (Lipinski definition) is 2. The molecule has 1 saturated heterocycles. The van der Waals surface area contributed by atoms with Gasteiger partial charge in [-0.25, -0.2) is 0 Å². The Morgan fingerprint density at radius 2 is 2.14 bits per heavy atom. The summed E-state index contributed by atoms with van der Waals surface area (Å²) in [7, 11) is 0. The van der Waals surface area contributed by atoms with Gasteiger partial charge in [-0.05, 0) is 49.0 Å². The molecule has 3 nitrogen and oxygen atoms in total. The number of piperidine rings is 1.